The van der Waals surface area contributed by atoms with Crippen LogP contribution in [0.3, 0.4) is 0 Å². The van der Waals surface area contributed by atoms with Crippen molar-refractivity contribution >= 4 is 11.9 Å². The molecule has 0 bridgehead atoms. The van der Waals surface area contributed by atoms with Crippen molar-refractivity contribution in [2.45, 2.75) is 78.0 Å². The highest BCUT2D eigenvalue weighted by Crippen LogP contribution is 2.26. The topological polar surface area (TPSA) is 84.9 Å². The molecule has 6 nitrogen and oxygen atoms in total. The van der Waals surface area contributed by atoms with Gasteiger partial charge in [-0.3, -0.25) is 4.79 Å². The molecular formula is C29H39NO5. The number of benzene rings is 2. The van der Waals surface area contributed by atoms with Crippen LogP contribution in [0.2, 0.25) is 0 Å². The smallest absolute Gasteiger partial charge is 0.326 e. The maximum atomic E-state index is 13.1. The van der Waals surface area contributed by atoms with Crippen LogP contribution in [0.4, 0.5) is 0 Å². The molecule has 35 heavy (non-hydrogen) atoms. The van der Waals surface area contributed by atoms with Gasteiger partial charge in [-0.25, -0.2) is 4.79 Å². The number of hydrogen-bond acceptors (Lipinski definition) is 4. The van der Waals surface area contributed by atoms with Gasteiger partial charge in [0.05, 0.1) is 13.2 Å². The molecule has 1 aliphatic carbocycles. The first kappa shape index (κ1) is 26.7. The van der Waals surface area contributed by atoms with Gasteiger partial charge >= 0.3 is 5.97 Å². The van der Waals surface area contributed by atoms with Crippen molar-refractivity contribution in [1.29, 1.82) is 0 Å². The second-order valence-corrected chi connectivity index (χ2v) is 10.6. The molecule has 0 spiro atoms. The van der Waals surface area contributed by atoms with Crippen LogP contribution in [0.25, 0.3) is 0 Å². The molecule has 2 aromatic carbocycles. The van der Waals surface area contributed by atoms with Gasteiger partial charge in [0.2, 0.25) is 5.91 Å². The summed E-state index contributed by atoms with van der Waals surface area (Å²) in [5, 5.41) is 12.5. The SMILES string of the molecule is CC(C)(C)[C@H](OCc1ccccc1)C(=O)N[C@@H](Cc1ccc(OCC2CCCCC2)cc1)C(=O)O. The molecule has 2 atom stereocenters. The van der Waals surface area contributed by atoms with Gasteiger partial charge in [-0.05, 0) is 47.4 Å². The molecule has 1 aliphatic rings. The summed E-state index contributed by atoms with van der Waals surface area (Å²) in [7, 11) is 0. The molecule has 2 N–H and O–H groups in total. The van der Waals surface area contributed by atoms with Crippen LogP contribution < -0.4 is 10.1 Å². The summed E-state index contributed by atoms with van der Waals surface area (Å²) in [4.78, 5) is 25.0. The fourth-order valence-electron chi connectivity index (χ4n) is 4.45. The quantitative estimate of drug-likeness (QED) is 0.450. The lowest BCUT2D eigenvalue weighted by Gasteiger charge is -2.30. The molecule has 0 heterocycles. The first-order chi connectivity index (χ1) is 16.7. The second kappa shape index (κ2) is 12.7. The van der Waals surface area contributed by atoms with E-state index in [0.717, 1.165) is 23.5 Å². The molecular weight excluding hydrogens is 442 g/mol. The predicted octanol–water partition coefficient (Wildman–Crippen LogP) is 5.39. The molecule has 1 amide bonds. The van der Waals surface area contributed by atoms with Crippen LogP contribution in [-0.4, -0.2) is 35.7 Å². The molecule has 0 aliphatic heterocycles. The van der Waals surface area contributed by atoms with Gasteiger partial charge in [0.25, 0.3) is 0 Å². The van der Waals surface area contributed by atoms with Gasteiger partial charge in [-0.2, -0.15) is 0 Å². The number of aliphatic carboxylic acids is 1. The first-order valence-electron chi connectivity index (χ1n) is 12.6. The van der Waals surface area contributed by atoms with Crippen LogP contribution >= 0.6 is 0 Å². The van der Waals surface area contributed by atoms with Crippen molar-refractivity contribution in [3.05, 3.63) is 65.7 Å². The van der Waals surface area contributed by atoms with Crippen LogP contribution in [0.15, 0.2) is 54.6 Å². The largest absolute Gasteiger partial charge is 0.493 e. The third-order valence-corrected chi connectivity index (χ3v) is 6.47. The Morgan fingerprint density at radius 2 is 1.63 bits per heavy atom. The number of carbonyl (C=O) groups is 2. The third kappa shape index (κ3) is 8.70. The van der Waals surface area contributed by atoms with Gasteiger partial charge < -0.3 is 19.9 Å². The maximum Gasteiger partial charge on any atom is 0.326 e. The van der Waals surface area contributed by atoms with E-state index in [2.05, 4.69) is 5.32 Å². The number of hydrogen-bond donors (Lipinski definition) is 2. The number of carboxylic acid groups (broad SMARTS) is 1. The van der Waals surface area contributed by atoms with Crippen molar-refractivity contribution < 1.29 is 24.2 Å². The average Bonchev–Trinajstić information content (AvgIpc) is 2.83. The Labute approximate surface area is 209 Å². The standard InChI is InChI=1S/C29H39NO5/c1-29(2,3)26(35-20-23-12-8-5-9-13-23)27(31)30-25(28(32)33)18-21-14-16-24(17-15-21)34-19-22-10-6-4-7-11-22/h5,8-9,12-17,22,25-26H,4,6-7,10-11,18-20H2,1-3H3,(H,30,31)(H,32,33)/t25-,26+/m0/s1. The highest BCUT2D eigenvalue weighted by molar-refractivity contribution is 5.87. The zero-order valence-corrected chi connectivity index (χ0v) is 21.2. The molecule has 1 fully saturated rings. The molecule has 0 radical (unpaired) electrons. The van der Waals surface area contributed by atoms with Gasteiger partial charge in [-0.1, -0.05) is 82.5 Å². The van der Waals surface area contributed by atoms with E-state index in [9.17, 15) is 14.7 Å². The van der Waals surface area contributed by atoms with Crippen molar-refractivity contribution in [2.24, 2.45) is 11.3 Å². The zero-order valence-electron chi connectivity index (χ0n) is 21.2. The number of amides is 1. The summed E-state index contributed by atoms with van der Waals surface area (Å²) in [6, 6.07) is 16.0. The monoisotopic (exact) mass is 481 g/mol. The minimum Gasteiger partial charge on any atom is -0.493 e. The summed E-state index contributed by atoms with van der Waals surface area (Å²) in [6.07, 6.45) is 5.72. The van der Waals surface area contributed by atoms with Crippen molar-refractivity contribution in [3.63, 3.8) is 0 Å². The highest BCUT2D eigenvalue weighted by Gasteiger charge is 2.34. The molecule has 6 heteroatoms. The summed E-state index contributed by atoms with van der Waals surface area (Å²) in [6.45, 7) is 6.72. The fourth-order valence-corrected chi connectivity index (χ4v) is 4.45. The van der Waals surface area contributed by atoms with E-state index in [1.165, 1.54) is 32.1 Å². The number of carboxylic acids is 1. The molecule has 0 aromatic heterocycles. The Morgan fingerprint density at radius 1 is 0.971 bits per heavy atom. The summed E-state index contributed by atoms with van der Waals surface area (Å²) < 4.78 is 11.9. The van der Waals surface area contributed by atoms with Gasteiger partial charge in [0, 0.05) is 6.42 Å². The Kier molecular flexibility index (Phi) is 9.73. The van der Waals surface area contributed by atoms with E-state index >= 15 is 0 Å². The number of ether oxygens (including phenoxy) is 2. The molecule has 190 valence electrons. The first-order valence-corrected chi connectivity index (χ1v) is 12.6. The lowest BCUT2D eigenvalue weighted by Crippen LogP contribution is -2.51. The highest BCUT2D eigenvalue weighted by atomic mass is 16.5. The number of rotatable bonds is 11. The van der Waals surface area contributed by atoms with E-state index in [1.807, 2.05) is 75.4 Å². The van der Waals surface area contributed by atoms with E-state index in [1.54, 1.807) is 0 Å². The molecule has 0 saturated heterocycles. The van der Waals surface area contributed by atoms with Crippen LogP contribution in [-0.2, 0) is 27.4 Å². The van der Waals surface area contributed by atoms with E-state index in [4.69, 9.17) is 9.47 Å². The molecule has 1 saturated carbocycles. The lowest BCUT2D eigenvalue weighted by atomic mass is 9.88. The Balaban J connectivity index is 1.57. The van der Waals surface area contributed by atoms with E-state index < -0.39 is 29.4 Å². The van der Waals surface area contributed by atoms with Crippen LogP contribution in [0.1, 0.15) is 64.0 Å². The minimum absolute atomic E-state index is 0.180. The Hall–Kier alpha value is -2.86. The predicted molar refractivity (Wildman–Crippen MR) is 136 cm³/mol. The van der Waals surface area contributed by atoms with Crippen molar-refractivity contribution in [1.82, 2.24) is 5.32 Å². The average molecular weight is 482 g/mol. The minimum atomic E-state index is -1.08. The second-order valence-electron chi connectivity index (χ2n) is 10.6. The van der Waals surface area contributed by atoms with Crippen molar-refractivity contribution in [3.8, 4) is 5.75 Å². The Morgan fingerprint density at radius 3 is 2.23 bits per heavy atom. The number of nitrogens with one attached hydrogen (secondary N) is 1. The zero-order chi connectivity index (χ0) is 25.3. The molecule has 3 rings (SSSR count). The lowest BCUT2D eigenvalue weighted by molar-refractivity contribution is -0.148. The molecule has 0 unspecified atom stereocenters. The fraction of sp³-hybridized carbons (Fsp3) is 0.517. The summed E-state index contributed by atoms with van der Waals surface area (Å²) in [5.41, 5.74) is 1.27. The normalized spacial score (nSPS) is 16.3. The number of carbonyl (C=O) groups excluding carboxylic acids is 1. The maximum absolute atomic E-state index is 13.1. The third-order valence-electron chi connectivity index (χ3n) is 6.47. The van der Waals surface area contributed by atoms with Gasteiger partial charge in [-0.15, -0.1) is 0 Å². The van der Waals surface area contributed by atoms with Crippen molar-refractivity contribution in [2.75, 3.05) is 6.61 Å². The van der Waals surface area contributed by atoms with Crippen LogP contribution in [0, 0.1) is 11.3 Å². The summed E-state index contributed by atoms with van der Waals surface area (Å²) >= 11 is 0. The van der Waals surface area contributed by atoms with Crippen LogP contribution in [0.5, 0.6) is 5.75 Å². The van der Waals surface area contributed by atoms with E-state index in [0.29, 0.717) is 5.92 Å². The Bertz CT molecular complexity index is 930. The molecule has 2 aromatic rings. The van der Waals surface area contributed by atoms with E-state index in [-0.39, 0.29) is 13.0 Å². The summed E-state index contributed by atoms with van der Waals surface area (Å²) in [5.74, 6) is -0.0906. The van der Waals surface area contributed by atoms with Gasteiger partial charge in [0.1, 0.15) is 17.9 Å². The van der Waals surface area contributed by atoms with Gasteiger partial charge in [0.15, 0.2) is 0 Å².